The Labute approximate surface area is 300 Å². The van der Waals surface area contributed by atoms with Gasteiger partial charge in [-0.05, 0) is 86.0 Å². The van der Waals surface area contributed by atoms with E-state index in [1.54, 1.807) is 20.2 Å². The molecule has 4 fully saturated rings. The molecule has 4 aliphatic rings. The van der Waals surface area contributed by atoms with Crippen LogP contribution >= 0.6 is 0 Å². The van der Waals surface area contributed by atoms with Gasteiger partial charge in [-0.15, -0.1) is 0 Å². The minimum atomic E-state index is -0.739. The monoisotopic (exact) mass is 715 g/mol. The normalized spacial score (nSPS) is 24.3. The zero-order valence-corrected chi connectivity index (χ0v) is 29.7. The molecule has 4 saturated heterocycles. The van der Waals surface area contributed by atoms with Gasteiger partial charge in [-0.25, -0.2) is 13.6 Å². The third kappa shape index (κ3) is 5.80. The number of aromatic hydroxyl groups is 1. The van der Waals surface area contributed by atoms with Crippen LogP contribution in [0.2, 0.25) is 0 Å². The number of aryl methyl sites for hydroxylation is 1. The summed E-state index contributed by atoms with van der Waals surface area (Å²) in [4.78, 5) is 44.1. The van der Waals surface area contributed by atoms with Crippen LogP contribution in [0.15, 0.2) is 30.5 Å². The predicted octanol–water partition coefficient (Wildman–Crippen LogP) is 5.32. The van der Waals surface area contributed by atoms with Gasteiger partial charge in [0.1, 0.15) is 41.8 Å². The summed E-state index contributed by atoms with van der Waals surface area (Å²) < 4.78 is 44.1. The van der Waals surface area contributed by atoms with Crippen molar-refractivity contribution in [3.8, 4) is 23.0 Å². The smallest absolute Gasteiger partial charge is 0.409 e. The van der Waals surface area contributed by atoms with Crippen LogP contribution in [0.25, 0.3) is 32.9 Å². The predicted molar refractivity (Wildman–Crippen MR) is 190 cm³/mol. The molecule has 8 rings (SSSR count). The van der Waals surface area contributed by atoms with Crippen molar-refractivity contribution in [2.24, 2.45) is 0 Å². The van der Waals surface area contributed by atoms with E-state index >= 15 is 8.78 Å². The van der Waals surface area contributed by atoms with Gasteiger partial charge in [0.2, 0.25) is 5.91 Å². The van der Waals surface area contributed by atoms with Crippen molar-refractivity contribution in [3.05, 3.63) is 47.7 Å². The highest BCUT2D eigenvalue weighted by atomic mass is 19.1. The number of amides is 2. The molecular weight excluding hydrogens is 672 g/mol. The van der Waals surface area contributed by atoms with E-state index in [0.717, 1.165) is 45.1 Å². The van der Waals surface area contributed by atoms with Crippen LogP contribution in [0.3, 0.4) is 0 Å². The van der Waals surface area contributed by atoms with Crippen LogP contribution in [0.5, 0.6) is 11.8 Å². The van der Waals surface area contributed by atoms with Gasteiger partial charge in [0, 0.05) is 45.0 Å². The van der Waals surface area contributed by atoms with Gasteiger partial charge in [-0.3, -0.25) is 14.7 Å². The molecule has 2 aromatic carbocycles. The Hall–Kier alpha value is -4.85. The van der Waals surface area contributed by atoms with Gasteiger partial charge in [-0.2, -0.15) is 9.97 Å². The lowest BCUT2D eigenvalue weighted by Crippen LogP contribution is -2.68. The van der Waals surface area contributed by atoms with Crippen molar-refractivity contribution in [2.75, 3.05) is 51.8 Å². The second-order valence-electron chi connectivity index (χ2n) is 15.0. The van der Waals surface area contributed by atoms with Crippen molar-refractivity contribution in [1.82, 2.24) is 30.1 Å². The molecule has 0 saturated carbocycles. The second kappa shape index (κ2) is 13.0. The summed E-state index contributed by atoms with van der Waals surface area (Å²) >= 11 is 0. The van der Waals surface area contributed by atoms with Gasteiger partial charge >= 0.3 is 12.1 Å². The average Bonchev–Trinajstić information content (AvgIpc) is 3.68. The number of ether oxygens (including phenoxy) is 2. The lowest BCUT2D eigenvalue weighted by molar-refractivity contribution is -0.133. The number of nitrogens with zero attached hydrogens (tertiary/aromatic N) is 6. The summed E-state index contributed by atoms with van der Waals surface area (Å²) in [5.74, 6) is -0.797. The van der Waals surface area contributed by atoms with E-state index in [2.05, 4.69) is 20.2 Å². The quantitative estimate of drug-likeness (QED) is 0.231. The molecule has 4 aliphatic heterocycles. The van der Waals surface area contributed by atoms with E-state index in [-0.39, 0.29) is 70.9 Å². The number of carbonyl (C=O) groups is 2. The van der Waals surface area contributed by atoms with E-state index in [4.69, 9.17) is 14.5 Å². The molecule has 3 atom stereocenters. The minimum Gasteiger partial charge on any atom is -0.508 e. The first-order valence-electron chi connectivity index (χ1n) is 18.1. The molecule has 2 N–H and O–H groups in total. The summed E-state index contributed by atoms with van der Waals surface area (Å²) in [6.07, 6.45) is 7.10. The number of phenols is 1. The van der Waals surface area contributed by atoms with Crippen molar-refractivity contribution in [1.29, 1.82) is 0 Å². The van der Waals surface area contributed by atoms with Crippen LogP contribution in [-0.4, -0.2) is 106 Å². The van der Waals surface area contributed by atoms with E-state index in [0.29, 0.717) is 53.5 Å². The maximum absolute atomic E-state index is 17.1. The van der Waals surface area contributed by atoms with E-state index in [1.165, 1.54) is 29.3 Å². The fourth-order valence-electron chi connectivity index (χ4n) is 8.98. The van der Waals surface area contributed by atoms with Crippen LogP contribution in [0, 0.1) is 11.6 Å². The fourth-order valence-corrected chi connectivity index (χ4v) is 8.98. The number of carbonyl (C=O) groups excluding carboxylic acids is 2. The standard InChI is InChI=1S/C38H43F2N7O5/c1-4-25-28(39)8-7-22-15-24(48)16-26(30(22)25)32-31(40)33-27(18-41-32)34(46-13-5-10-37(20-46)17-29(49)44-37)43-35(42-33)52-21-38-11-6-14-47(38)23(9-12-38)19-51-36(50)45(2)3/h7-8,15-16,18,23,48H,4-6,9-14,17,19-21H2,1-3H3,(H,44,49)/t23-,37?,38+/m0/s1. The summed E-state index contributed by atoms with van der Waals surface area (Å²) in [5, 5.41) is 15.2. The molecule has 0 bridgehead atoms. The topological polar surface area (TPSA) is 133 Å². The molecule has 2 amide bonds. The number of anilines is 1. The Morgan fingerprint density at radius 1 is 1.13 bits per heavy atom. The molecule has 274 valence electrons. The Kier molecular flexibility index (Phi) is 8.55. The zero-order chi connectivity index (χ0) is 36.4. The largest absolute Gasteiger partial charge is 0.508 e. The first-order valence-corrected chi connectivity index (χ1v) is 18.1. The Morgan fingerprint density at radius 2 is 1.94 bits per heavy atom. The molecule has 12 nitrogen and oxygen atoms in total. The number of β-lactam (4-membered cyclic amide) rings is 1. The Balaban J connectivity index is 1.19. The van der Waals surface area contributed by atoms with Gasteiger partial charge in [-0.1, -0.05) is 13.0 Å². The van der Waals surface area contributed by atoms with E-state index in [1.807, 2.05) is 11.8 Å². The molecular formula is C38H43F2N7O5. The number of benzene rings is 2. The van der Waals surface area contributed by atoms with Crippen molar-refractivity contribution >= 4 is 39.5 Å². The first kappa shape index (κ1) is 34.2. The van der Waals surface area contributed by atoms with Gasteiger partial charge in [0.25, 0.3) is 0 Å². The van der Waals surface area contributed by atoms with Crippen molar-refractivity contribution in [2.45, 2.75) is 75.4 Å². The van der Waals surface area contributed by atoms with Crippen LogP contribution in [-0.2, 0) is 16.0 Å². The number of piperidine rings is 1. The van der Waals surface area contributed by atoms with Crippen LogP contribution in [0.1, 0.15) is 57.4 Å². The number of phenolic OH excluding ortho intramolecular Hbond substituents is 1. The Bertz CT molecular complexity index is 2090. The number of pyridine rings is 1. The summed E-state index contributed by atoms with van der Waals surface area (Å²) in [6, 6.07) is 5.92. The average molecular weight is 716 g/mol. The molecule has 0 aliphatic carbocycles. The Morgan fingerprint density at radius 3 is 2.71 bits per heavy atom. The van der Waals surface area contributed by atoms with E-state index < -0.39 is 11.6 Å². The maximum Gasteiger partial charge on any atom is 0.409 e. The minimum absolute atomic E-state index is 0.00344. The summed E-state index contributed by atoms with van der Waals surface area (Å²) in [7, 11) is 3.31. The van der Waals surface area contributed by atoms with Gasteiger partial charge < -0.3 is 29.7 Å². The van der Waals surface area contributed by atoms with Crippen LogP contribution < -0.4 is 15.0 Å². The SMILES string of the molecule is CCc1c(F)ccc2cc(O)cc(-c3ncc4c(N5CCCC6(CC(=O)N6)C5)nc(OC[C@]56CCCN5[C@H](COC(=O)N(C)C)CC6)nc4c3F)c12. The van der Waals surface area contributed by atoms with Gasteiger partial charge in [0.05, 0.1) is 22.9 Å². The lowest BCUT2D eigenvalue weighted by atomic mass is 9.80. The lowest BCUT2D eigenvalue weighted by Gasteiger charge is -2.49. The zero-order valence-electron chi connectivity index (χ0n) is 29.7. The summed E-state index contributed by atoms with van der Waals surface area (Å²) in [6.45, 7) is 4.36. The number of hydrogen-bond donors (Lipinski definition) is 2. The first-order chi connectivity index (χ1) is 25.0. The highest BCUT2D eigenvalue weighted by molar-refractivity contribution is 6.02. The number of halogens is 2. The highest BCUT2D eigenvalue weighted by Gasteiger charge is 2.50. The third-order valence-corrected chi connectivity index (χ3v) is 11.5. The molecule has 2 aromatic heterocycles. The molecule has 14 heteroatoms. The molecule has 52 heavy (non-hydrogen) atoms. The highest BCUT2D eigenvalue weighted by Crippen LogP contribution is 2.44. The number of hydrogen-bond acceptors (Lipinski definition) is 10. The maximum atomic E-state index is 17.1. The third-order valence-electron chi connectivity index (χ3n) is 11.5. The second-order valence-corrected chi connectivity index (χ2v) is 15.0. The number of rotatable bonds is 8. The van der Waals surface area contributed by atoms with E-state index in [9.17, 15) is 14.7 Å². The van der Waals surface area contributed by atoms with Gasteiger partial charge in [0.15, 0.2) is 5.82 Å². The van der Waals surface area contributed by atoms with Crippen molar-refractivity contribution < 1.29 is 33.0 Å². The number of nitrogens with one attached hydrogen (secondary N) is 1. The number of aromatic nitrogens is 3. The van der Waals surface area contributed by atoms with Crippen molar-refractivity contribution in [3.63, 3.8) is 0 Å². The molecule has 4 aromatic rings. The molecule has 1 spiro atoms. The fraction of sp³-hybridized carbons (Fsp3) is 0.500. The summed E-state index contributed by atoms with van der Waals surface area (Å²) in [5.41, 5.74) is -0.101. The number of fused-ring (bicyclic) bond motifs is 3. The molecule has 6 heterocycles. The van der Waals surface area contributed by atoms with Crippen LogP contribution in [0.4, 0.5) is 19.4 Å². The molecule has 0 radical (unpaired) electrons. The molecule has 1 unspecified atom stereocenters.